The number of Topliss-reactive ketones (excluding diaryl/α,β-unsaturated/α-hetero) is 1. The smallest absolute Gasteiger partial charge is 0.313 e. The first kappa shape index (κ1) is 27.8. The zero-order chi connectivity index (χ0) is 27.1. The van der Waals surface area contributed by atoms with E-state index in [9.17, 15) is 14.7 Å². The van der Waals surface area contributed by atoms with Gasteiger partial charge < -0.3 is 9.84 Å². The molecule has 2 unspecified atom stereocenters. The largest absolute Gasteiger partial charge is 0.460 e. The molecule has 3 rings (SSSR count). The van der Waals surface area contributed by atoms with Crippen LogP contribution < -0.4 is 0 Å². The molecule has 0 radical (unpaired) electrons. The highest BCUT2D eigenvalue weighted by Crippen LogP contribution is 2.43. The first-order valence-electron chi connectivity index (χ1n) is 12.5. The molecule has 0 amide bonds. The Hall–Kier alpha value is -3.76. The molecule has 37 heavy (non-hydrogen) atoms. The molecule has 0 aromatic heterocycles. The molecule has 192 valence electrons. The number of esters is 1. The SMILES string of the molecule is CC(C)=CCC(C(=O)OC(C)(C)C)C(O)(/C(=C/c1ccccc1)C(=O)c1ccccc1)c1ccccc1. The summed E-state index contributed by atoms with van der Waals surface area (Å²) in [5.74, 6) is -2.01. The molecule has 3 aromatic rings. The summed E-state index contributed by atoms with van der Waals surface area (Å²) in [5.41, 5.74) is -0.0470. The first-order chi connectivity index (χ1) is 17.5. The average Bonchev–Trinajstić information content (AvgIpc) is 2.87. The van der Waals surface area contributed by atoms with E-state index in [1.54, 1.807) is 75.4 Å². The van der Waals surface area contributed by atoms with Gasteiger partial charge in [0, 0.05) is 11.1 Å². The number of carbonyl (C=O) groups is 2. The number of benzene rings is 3. The molecule has 2 atom stereocenters. The number of ketones is 1. The number of hydrogen-bond acceptors (Lipinski definition) is 4. The van der Waals surface area contributed by atoms with E-state index in [0.29, 0.717) is 11.1 Å². The van der Waals surface area contributed by atoms with Crippen LogP contribution in [0.2, 0.25) is 0 Å². The van der Waals surface area contributed by atoms with Crippen LogP contribution in [0.3, 0.4) is 0 Å². The quantitative estimate of drug-likeness (QED) is 0.148. The summed E-state index contributed by atoms with van der Waals surface area (Å²) in [7, 11) is 0. The second-order valence-electron chi connectivity index (χ2n) is 10.4. The normalized spacial score (nSPS) is 14.3. The van der Waals surface area contributed by atoms with E-state index >= 15 is 0 Å². The van der Waals surface area contributed by atoms with E-state index < -0.39 is 23.1 Å². The van der Waals surface area contributed by atoms with Crippen LogP contribution >= 0.6 is 0 Å². The Morgan fingerprint density at radius 2 is 1.35 bits per heavy atom. The highest BCUT2D eigenvalue weighted by atomic mass is 16.6. The molecule has 0 aliphatic carbocycles. The summed E-state index contributed by atoms with van der Waals surface area (Å²) in [4.78, 5) is 27.9. The molecule has 4 heteroatoms. The Labute approximate surface area is 220 Å². The number of rotatable bonds is 9. The van der Waals surface area contributed by atoms with Gasteiger partial charge >= 0.3 is 5.97 Å². The monoisotopic (exact) mass is 496 g/mol. The minimum absolute atomic E-state index is 0.106. The Morgan fingerprint density at radius 1 is 0.838 bits per heavy atom. The van der Waals surface area contributed by atoms with Gasteiger partial charge in [-0.1, -0.05) is 103 Å². The highest BCUT2D eigenvalue weighted by molar-refractivity contribution is 6.13. The van der Waals surface area contributed by atoms with Crippen LogP contribution in [-0.4, -0.2) is 22.5 Å². The van der Waals surface area contributed by atoms with E-state index in [-0.39, 0.29) is 17.8 Å². The minimum atomic E-state index is -1.97. The van der Waals surface area contributed by atoms with Gasteiger partial charge in [0.05, 0.1) is 5.92 Å². The third kappa shape index (κ3) is 7.14. The molecule has 3 aromatic carbocycles. The van der Waals surface area contributed by atoms with Gasteiger partial charge in [-0.15, -0.1) is 0 Å². The standard InChI is InChI=1S/C33H36O4/c1-24(2)21-22-28(31(35)37-32(3,4)5)33(36,27-19-13-8-14-20-27)29(23-25-15-9-6-10-16-25)30(34)26-17-11-7-12-18-26/h6-21,23,28,36H,22H2,1-5H3/b29-23+. The highest BCUT2D eigenvalue weighted by Gasteiger charge is 2.49. The van der Waals surface area contributed by atoms with Gasteiger partial charge in [0.1, 0.15) is 11.2 Å². The zero-order valence-electron chi connectivity index (χ0n) is 22.3. The summed E-state index contributed by atoms with van der Waals surface area (Å²) in [6.45, 7) is 9.24. The summed E-state index contributed by atoms with van der Waals surface area (Å²) in [5, 5.41) is 12.8. The van der Waals surface area contributed by atoms with Crippen molar-refractivity contribution < 1.29 is 19.4 Å². The third-order valence-corrected chi connectivity index (χ3v) is 5.97. The van der Waals surface area contributed by atoms with Crippen molar-refractivity contribution in [3.8, 4) is 0 Å². The van der Waals surface area contributed by atoms with Crippen LogP contribution in [-0.2, 0) is 15.1 Å². The molecule has 4 nitrogen and oxygen atoms in total. The molecule has 0 saturated heterocycles. The summed E-state index contributed by atoms with van der Waals surface area (Å²) >= 11 is 0. The fraction of sp³-hybridized carbons (Fsp3) is 0.273. The van der Waals surface area contributed by atoms with Gasteiger partial charge in [-0.25, -0.2) is 0 Å². The average molecular weight is 497 g/mol. The Kier molecular flexibility index (Phi) is 9.01. The van der Waals surface area contributed by atoms with Crippen molar-refractivity contribution in [3.05, 3.63) is 125 Å². The molecule has 0 aliphatic rings. The Bertz CT molecular complexity index is 1250. The Balaban J connectivity index is 2.35. The van der Waals surface area contributed by atoms with Crippen molar-refractivity contribution in [1.29, 1.82) is 0 Å². The lowest BCUT2D eigenvalue weighted by atomic mass is 9.71. The summed E-state index contributed by atoms with van der Waals surface area (Å²) < 4.78 is 5.82. The minimum Gasteiger partial charge on any atom is -0.460 e. The maximum absolute atomic E-state index is 14.1. The number of aliphatic hydroxyl groups is 1. The molecule has 0 spiro atoms. The van der Waals surface area contributed by atoms with E-state index in [2.05, 4.69) is 0 Å². The van der Waals surface area contributed by atoms with Crippen molar-refractivity contribution in [2.45, 2.75) is 52.2 Å². The van der Waals surface area contributed by atoms with Crippen molar-refractivity contribution >= 4 is 17.8 Å². The van der Waals surface area contributed by atoms with Gasteiger partial charge in [0.15, 0.2) is 5.78 Å². The predicted octanol–water partition coefficient (Wildman–Crippen LogP) is 7.15. The van der Waals surface area contributed by atoms with Crippen LogP contribution in [0.15, 0.2) is 108 Å². The summed E-state index contributed by atoms with van der Waals surface area (Å²) in [6, 6.07) is 27.1. The Morgan fingerprint density at radius 3 is 1.86 bits per heavy atom. The van der Waals surface area contributed by atoms with Crippen molar-refractivity contribution in [2.24, 2.45) is 5.92 Å². The molecule has 0 fully saturated rings. The molecule has 1 N–H and O–H groups in total. The van der Waals surface area contributed by atoms with Crippen LogP contribution in [0.1, 0.15) is 62.5 Å². The maximum atomic E-state index is 14.1. The van der Waals surface area contributed by atoms with Gasteiger partial charge in [-0.2, -0.15) is 0 Å². The van der Waals surface area contributed by atoms with Crippen LogP contribution in [0.25, 0.3) is 6.08 Å². The van der Waals surface area contributed by atoms with Gasteiger partial charge in [0.2, 0.25) is 0 Å². The molecule has 0 aliphatic heterocycles. The molecule has 0 bridgehead atoms. The second-order valence-corrected chi connectivity index (χ2v) is 10.4. The third-order valence-electron chi connectivity index (χ3n) is 5.97. The van der Waals surface area contributed by atoms with Crippen LogP contribution in [0, 0.1) is 5.92 Å². The van der Waals surface area contributed by atoms with Crippen molar-refractivity contribution in [3.63, 3.8) is 0 Å². The lowest BCUT2D eigenvalue weighted by Crippen LogP contribution is -2.46. The number of carbonyl (C=O) groups excluding carboxylic acids is 2. The number of ether oxygens (including phenoxy) is 1. The topological polar surface area (TPSA) is 63.6 Å². The van der Waals surface area contributed by atoms with E-state index in [1.165, 1.54) is 0 Å². The van der Waals surface area contributed by atoms with Gasteiger partial charge in [-0.3, -0.25) is 9.59 Å². The van der Waals surface area contributed by atoms with E-state index in [1.807, 2.05) is 62.4 Å². The maximum Gasteiger partial charge on any atom is 0.313 e. The molecular formula is C33H36O4. The van der Waals surface area contributed by atoms with E-state index in [0.717, 1.165) is 11.1 Å². The molecule has 0 saturated carbocycles. The second kappa shape index (κ2) is 12.0. The zero-order valence-corrected chi connectivity index (χ0v) is 22.3. The van der Waals surface area contributed by atoms with Crippen LogP contribution in [0.4, 0.5) is 0 Å². The number of hydrogen-bond donors (Lipinski definition) is 1. The van der Waals surface area contributed by atoms with Gasteiger partial charge in [0.25, 0.3) is 0 Å². The van der Waals surface area contributed by atoms with Crippen molar-refractivity contribution in [2.75, 3.05) is 0 Å². The molecular weight excluding hydrogens is 460 g/mol. The van der Waals surface area contributed by atoms with Gasteiger partial charge in [-0.05, 0) is 58.2 Å². The summed E-state index contributed by atoms with van der Waals surface area (Å²) in [6.07, 6.45) is 3.77. The van der Waals surface area contributed by atoms with Crippen LogP contribution in [0.5, 0.6) is 0 Å². The molecule has 0 heterocycles. The fourth-order valence-electron chi connectivity index (χ4n) is 4.21. The fourth-order valence-corrected chi connectivity index (χ4v) is 4.21. The van der Waals surface area contributed by atoms with Crippen molar-refractivity contribution in [1.82, 2.24) is 0 Å². The predicted molar refractivity (Wildman–Crippen MR) is 149 cm³/mol. The lowest BCUT2D eigenvalue weighted by Gasteiger charge is -2.38. The first-order valence-corrected chi connectivity index (χ1v) is 12.5. The van der Waals surface area contributed by atoms with E-state index in [4.69, 9.17) is 4.74 Å². The number of allylic oxidation sites excluding steroid dienone is 2. The lowest BCUT2D eigenvalue weighted by molar-refractivity contribution is -0.168.